The van der Waals surface area contributed by atoms with Gasteiger partial charge in [0.25, 0.3) is 0 Å². The van der Waals surface area contributed by atoms with Gasteiger partial charge in [-0.1, -0.05) is 45.2 Å². The van der Waals surface area contributed by atoms with E-state index in [1.165, 1.54) is 12.1 Å². The van der Waals surface area contributed by atoms with E-state index >= 15 is 0 Å². The highest BCUT2D eigenvalue weighted by molar-refractivity contribution is 9.10. The summed E-state index contributed by atoms with van der Waals surface area (Å²) in [5.41, 5.74) is 5.93. The maximum Gasteiger partial charge on any atom is 0.341 e. The van der Waals surface area contributed by atoms with Crippen LogP contribution >= 0.6 is 39.1 Å². The number of allylic oxidation sites excluding steroid dienone is 1. The van der Waals surface area contributed by atoms with E-state index in [1.807, 2.05) is 0 Å². The number of carbonyl (C=O) groups is 3. The van der Waals surface area contributed by atoms with Gasteiger partial charge in [0.2, 0.25) is 11.6 Å². The Balaban J connectivity index is 2.36. The molecule has 27 heavy (non-hydrogen) atoms. The number of carbonyl (C=O) groups excluding carboxylic acids is 2. The Kier molecular flexibility index (Phi) is 7.01. The van der Waals surface area contributed by atoms with Crippen molar-refractivity contribution in [2.45, 2.75) is 0 Å². The van der Waals surface area contributed by atoms with Crippen molar-refractivity contribution >= 4 is 62.4 Å². The van der Waals surface area contributed by atoms with Crippen LogP contribution in [0.1, 0.15) is 15.9 Å². The number of benzene rings is 2. The third-order valence-electron chi connectivity index (χ3n) is 3.30. The lowest BCUT2D eigenvalue weighted by Crippen LogP contribution is -2.17. The Morgan fingerprint density at radius 1 is 1.15 bits per heavy atom. The van der Waals surface area contributed by atoms with Gasteiger partial charge in [0.05, 0.1) is 15.6 Å². The quantitative estimate of drug-likeness (QED) is 0.358. The van der Waals surface area contributed by atoms with E-state index in [2.05, 4.69) is 15.9 Å². The fourth-order valence-electron chi connectivity index (χ4n) is 2.13. The van der Waals surface area contributed by atoms with Gasteiger partial charge in [-0.3, -0.25) is 9.59 Å². The van der Waals surface area contributed by atoms with Crippen LogP contribution < -0.4 is 10.5 Å². The van der Waals surface area contributed by atoms with Gasteiger partial charge in [-0.25, -0.2) is 4.79 Å². The molecule has 0 aliphatic heterocycles. The molecule has 0 saturated heterocycles. The van der Waals surface area contributed by atoms with Gasteiger partial charge < -0.3 is 15.6 Å². The Morgan fingerprint density at radius 3 is 2.37 bits per heavy atom. The first-order chi connectivity index (χ1) is 12.7. The van der Waals surface area contributed by atoms with E-state index in [0.717, 1.165) is 6.08 Å². The molecule has 0 atom stereocenters. The first-order valence-corrected chi connectivity index (χ1v) is 8.90. The molecule has 9 heteroatoms. The summed E-state index contributed by atoms with van der Waals surface area (Å²) in [4.78, 5) is 35.6. The zero-order valence-corrected chi connectivity index (χ0v) is 16.6. The lowest BCUT2D eigenvalue weighted by molar-refractivity contribution is -0.139. The van der Waals surface area contributed by atoms with E-state index in [9.17, 15) is 14.4 Å². The number of hydrogen-bond donors (Lipinski definition) is 2. The lowest BCUT2D eigenvalue weighted by Gasteiger charge is -2.09. The molecule has 0 saturated carbocycles. The van der Waals surface area contributed by atoms with Crippen molar-refractivity contribution in [3.05, 3.63) is 68.1 Å². The summed E-state index contributed by atoms with van der Waals surface area (Å²) < 4.78 is 5.57. The molecule has 3 N–H and O–H groups in total. The van der Waals surface area contributed by atoms with Crippen molar-refractivity contribution in [3.63, 3.8) is 0 Å². The van der Waals surface area contributed by atoms with E-state index in [0.29, 0.717) is 4.47 Å². The smallest absolute Gasteiger partial charge is 0.341 e. The van der Waals surface area contributed by atoms with E-state index in [4.69, 9.17) is 38.8 Å². The number of Topliss-reactive ketones (excluding diaryl/α,β-unsaturated/α-hetero) is 1. The second-order valence-electron chi connectivity index (χ2n) is 5.21. The minimum atomic E-state index is -1.22. The summed E-state index contributed by atoms with van der Waals surface area (Å²) in [6.07, 6.45) is 0.914. The summed E-state index contributed by atoms with van der Waals surface area (Å²) in [6, 6.07) is 8.98. The molecule has 0 amide bonds. The standard InChI is InChI=1S/C18H12BrCl2NO5/c19-9-4-5-15(27-8-16(24)25)10(6-9)18(26)14(23)7-13(22)17-11(20)2-1-3-12(17)21/h1-7H,8,22H2,(H,24,25). The van der Waals surface area contributed by atoms with Crippen LogP contribution in [0.15, 0.2) is 46.9 Å². The number of halogens is 3. The molecule has 0 bridgehead atoms. The molecule has 0 unspecified atom stereocenters. The monoisotopic (exact) mass is 471 g/mol. The molecule has 0 aliphatic carbocycles. The fourth-order valence-corrected chi connectivity index (χ4v) is 3.11. The van der Waals surface area contributed by atoms with Gasteiger partial charge in [-0.2, -0.15) is 0 Å². The van der Waals surface area contributed by atoms with E-state index in [-0.39, 0.29) is 32.6 Å². The number of carboxylic acids is 1. The van der Waals surface area contributed by atoms with Crippen LogP contribution in [-0.4, -0.2) is 29.2 Å². The zero-order valence-electron chi connectivity index (χ0n) is 13.5. The molecule has 0 aliphatic rings. The predicted molar refractivity (Wildman–Crippen MR) is 105 cm³/mol. The van der Waals surface area contributed by atoms with Crippen LogP contribution in [0.25, 0.3) is 5.70 Å². The van der Waals surface area contributed by atoms with Crippen molar-refractivity contribution < 1.29 is 24.2 Å². The highest BCUT2D eigenvalue weighted by atomic mass is 79.9. The molecule has 2 aromatic rings. The number of hydrogen-bond acceptors (Lipinski definition) is 5. The van der Waals surface area contributed by atoms with Crippen molar-refractivity contribution in [1.82, 2.24) is 0 Å². The van der Waals surface area contributed by atoms with Gasteiger partial charge in [0.15, 0.2) is 6.61 Å². The van der Waals surface area contributed by atoms with Crippen LogP contribution in [0.3, 0.4) is 0 Å². The molecule has 0 heterocycles. The molecule has 0 fully saturated rings. The van der Waals surface area contributed by atoms with E-state index < -0.39 is 24.1 Å². The predicted octanol–water partition coefficient (Wildman–Crippen LogP) is 3.97. The van der Waals surface area contributed by atoms with Gasteiger partial charge in [-0.15, -0.1) is 0 Å². The Bertz CT molecular complexity index is 939. The van der Waals surface area contributed by atoms with Crippen LogP contribution in [0.5, 0.6) is 5.75 Å². The molecule has 0 aromatic heterocycles. The van der Waals surface area contributed by atoms with Crippen molar-refractivity contribution in [1.29, 1.82) is 0 Å². The third-order valence-corrected chi connectivity index (χ3v) is 4.42. The molecule has 0 radical (unpaired) electrons. The summed E-state index contributed by atoms with van der Waals surface area (Å²) in [5.74, 6) is -3.13. The van der Waals surface area contributed by atoms with Gasteiger partial charge >= 0.3 is 5.97 Å². The summed E-state index contributed by atoms with van der Waals surface area (Å²) >= 11 is 15.3. The number of aliphatic carboxylic acids is 1. The largest absolute Gasteiger partial charge is 0.481 e. The first-order valence-electron chi connectivity index (χ1n) is 7.35. The third kappa shape index (κ3) is 5.32. The van der Waals surface area contributed by atoms with Crippen LogP contribution in [0.4, 0.5) is 0 Å². The molecular formula is C18H12BrCl2NO5. The number of carboxylic acid groups (broad SMARTS) is 1. The normalized spacial score (nSPS) is 11.1. The topological polar surface area (TPSA) is 107 Å². The minimum Gasteiger partial charge on any atom is -0.481 e. The average molecular weight is 473 g/mol. The number of rotatable bonds is 7. The Morgan fingerprint density at radius 2 is 1.78 bits per heavy atom. The number of ketones is 2. The lowest BCUT2D eigenvalue weighted by atomic mass is 10.0. The fraction of sp³-hybridized carbons (Fsp3) is 0.0556. The highest BCUT2D eigenvalue weighted by Crippen LogP contribution is 2.29. The van der Waals surface area contributed by atoms with Gasteiger partial charge in [0, 0.05) is 21.8 Å². The minimum absolute atomic E-state index is 0.0401. The van der Waals surface area contributed by atoms with Crippen LogP contribution in [0, 0.1) is 0 Å². The van der Waals surface area contributed by atoms with Gasteiger partial charge in [0.1, 0.15) is 5.75 Å². The summed E-state index contributed by atoms with van der Waals surface area (Å²) in [7, 11) is 0. The molecule has 140 valence electrons. The van der Waals surface area contributed by atoms with Crippen molar-refractivity contribution in [2.75, 3.05) is 6.61 Å². The van der Waals surface area contributed by atoms with Crippen LogP contribution in [0.2, 0.25) is 10.0 Å². The van der Waals surface area contributed by atoms with Crippen molar-refractivity contribution in [2.24, 2.45) is 5.73 Å². The summed E-state index contributed by atoms with van der Waals surface area (Å²) in [5, 5.41) is 9.18. The second-order valence-corrected chi connectivity index (χ2v) is 6.94. The molecular weight excluding hydrogens is 461 g/mol. The summed E-state index contributed by atoms with van der Waals surface area (Å²) in [6.45, 7) is -0.663. The van der Waals surface area contributed by atoms with Crippen molar-refractivity contribution in [3.8, 4) is 5.75 Å². The average Bonchev–Trinajstić information content (AvgIpc) is 2.59. The maximum atomic E-state index is 12.5. The SMILES string of the molecule is NC(=CC(=O)C(=O)c1cc(Br)ccc1OCC(=O)O)c1c(Cl)cccc1Cl. The first kappa shape index (κ1) is 21.0. The zero-order chi connectivity index (χ0) is 20.1. The molecule has 2 aromatic carbocycles. The molecule has 2 rings (SSSR count). The van der Waals surface area contributed by atoms with Gasteiger partial charge in [-0.05, 0) is 30.3 Å². The number of nitrogens with two attached hydrogens (primary N) is 1. The highest BCUT2D eigenvalue weighted by Gasteiger charge is 2.21. The Hall–Kier alpha value is -2.35. The molecule has 0 spiro atoms. The Labute approximate surface area is 172 Å². The second kappa shape index (κ2) is 9.03. The van der Waals surface area contributed by atoms with E-state index in [1.54, 1.807) is 24.3 Å². The maximum absolute atomic E-state index is 12.5. The molecule has 6 nitrogen and oxygen atoms in total. The van der Waals surface area contributed by atoms with Crippen LogP contribution in [-0.2, 0) is 9.59 Å². The number of ether oxygens (including phenoxy) is 1.